The van der Waals surface area contributed by atoms with Crippen LogP contribution in [0.5, 0.6) is 0 Å². The quantitative estimate of drug-likeness (QED) is 0.500. The number of rotatable bonds is 5. The molecule has 0 amide bonds. The number of carbonyl (C=O) groups is 2. The van der Waals surface area contributed by atoms with Crippen LogP contribution in [0, 0.1) is 12.8 Å². The summed E-state index contributed by atoms with van der Waals surface area (Å²) < 4.78 is 4.56. The van der Waals surface area contributed by atoms with Crippen LogP contribution in [0.2, 0.25) is 0 Å². The van der Waals surface area contributed by atoms with E-state index in [1.54, 1.807) is 13.0 Å². The van der Waals surface area contributed by atoms with Gasteiger partial charge in [-0.1, -0.05) is 25.6 Å². The number of ether oxygens (including phenoxy) is 1. The third kappa shape index (κ3) is 4.20. The molecule has 0 fully saturated rings. The van der Waals surface area contributed by atoms with Crippen LogP contribution in [0.4, 0.5) is 0 Å². The fourth-order valence-corrected chi connectivity index (χ4v) is 2.40. The molecule has 1 unspecified atom stereocenters. The minimum absolute atomic E-state index is 0.0562. The Hall–Kier alpha value is -1.63. The summed E-state index contributed by atoms with van der Waals surface area (Å²) in [7, 11) is 1.25. The van der Waals surface area contributed by atoms with Gasteiger partial charge in [0.15, 0.2) is 0 Å². The second-order valence-electron chi connectivity index (χ2n) is 4.28. The fourth-order valence-electron chi connectivity index (χ4n) is 1.38. The molecule has 0 bridgehead atoms. The molecule has 0 aromatic carbocycles. The van der Waals surface area contributed by atoms with E-state index in [2.05, 4.69) is 14.7 Å². The monoisotopic (exact) mass is 284 g/mol. The molecule has 1 heterocycles. The molecule has 6 nitrogen and oxygen atoms in total. The van der Waals surface area contributed by atoms with Gasteiger partial charge in [-0.05, 0) is 18.9 Å². The third-order valence-electron chi connectivity index (χ3n) is 2.30. The standard InChI is InChI=1S/C12H16N2O4S/c1-6(2)9(11(15)16)19-8-5-7(3)13-10(14-8)12(17)18-4/h5-6,9H,1-4H3,(H,15,16). The lowest BCUT2D eigenvalue weighted by atomic mass is 10.1. The van der Waals surface area contributed by atoms with Gasteiger partial charge < -0.3 is 9.84 Å². The first-order valence-electron chi connectivity index (χ1n) is 5.68. The molecular weight excluding hydrogens is 268 g/mol. The van der Waals surface area contributed by atoms with Crippen molar-refractivity contribution in [3.63, 3.8) is 0 Å². The number of aromatic nitrogens is 2. The summed E-state index contributed by atoms with van der Waals surface area (Å²) in [6.07, 6.45) is 0. The van der Waals surface area contributed by atoms with Gasteiger partial charge in [0.1, 0.15) is 10.3 Å². The summed E-state index contributed by atoms with van der Waals surface area (Å²) in [6, 6.07) is 1.65. The molecule has 0 radical (unpaired) electrons. The Balaban J connectivity index is 3.04. The van der Waals surface area contributed by atoms with E-state index >= 15 is 0 Å². The first-order valence-corrected chi connectivity index (χ1v) is 6.56. The highest BCUT2D eigenvalue weighted by Crippen LogP contribution is 2.27. The fraction of sp³-hybridized carbons (Fsp3) is 0.500. The number of esters is 1. The number of methoxy groups -OCH3 is 1. The zero-order chi connectivity index (χ0) is 14.6. The normalized spacial score (nSPS) is 12.3. The maximum atomic E-state index is 11.4. The maximum absolute atomic E-state index is 11.4. The number of thioether (sulfide) groups is 1. The van der Waals surface area contributed by atoms with Crippen molar-refractivity contribution in [3.8, 4) is 0 Å². The second-order valence-corrected chi connectivity index (χ2v) is 5.45. The molecule has 0 aliphatic rings. The van der Waals surface area contributed by atoms with Crippen molar-refractivity contribution >= 4 is 23.7 Å². The van der Waals surface area contributed by atoms with E-state index in [0.717, 1.165) is 11.8 Å². The Morgan fingerprint density at radius 3 is 2.47 bits per heavy atom. The Morgan fingerprint density at radius 1 is 1.37 bits per heavy atom. The highest BCUT2D eigenvalue weighted by atomic mass is 32.2. The molecule has 0 spiro atoms. The summed E-state index contributed by atoms with van der Waals surface area (Å²) in [4.78, 5) is 30.5. The van der Waals surface area contributed by atoms with Crippen LogP contribution >= 0.6 is 11.8 Å². The average molecular weight is 284 g/mol. The van der Waals surface area contributed by atoms with Gasteiger partial charge in [-0.25, -0.2) is 14.8 Å². The van der Waals surface area contributed by atoms with Crippen LogP contribution in [-0.4, -0.2) is 39.4 Å². The molecule has 1 atom stereocenters. The third-order valence-corrected chi connectivity index (χ3v) is 3.75. The number of carbonyl (C=O) groups excluding carboxylic acids is 1. The Bertz CT molecular complexity index is 491. The van der Waals surface area contributed by atoms with E-state index in [1.807, 2.05) is 13.8 Å². The molecule has 1 aromatic heterocycles. The van der Waals surface area contributed by atoms with Crippen molar-refractivity contribution < 1.29 is 19.4 Å². The van der Waals surface area contributed by atoms with Gasteiger partial charge in [-0.2, -0.15) is 0 Å². The summed E-state index contributed by atoms with van der Waals surface area (Å²) in [5, 5.41) is 8.97. The molecule has 19 heavy (non-hydrogen) atoms. The van der Waals surface area contributed by atoms with Crippen LogP contribution < -0.4 is 0 Å². The van der Waals surface area contributed by atoms with E-state index in [9.17, 15) is 9.59 Å². The van der Waals surface area contributed by atoms with Crippen molar-refractivity contribution in [2.45, 2.75) is 31.0 Å². The highest BCUT2D eigenvalue weighted by Gasteiger charge is 2.24. The highest BCUT2D eigenvalue weighted by molar-refractivity contribution is 8.00. The zero-order valence-corrected chi connectivity index (χ0v) is 12.0. The Morgan fingerprint density at radius 2 is 2.00 bits per heavy atom. The number of carboxylic acid groups (broad SMARTS) is 1. The minimum atomic E-state index is -0.907. The molecule has 1 rings (SSSR count). The SMILES string of the molecule is COC(=O)c1nc(C)cc(SC(C(=O)O)C(C)C)n1. The van der Waals surface area contributed by atoms with Gasteiger partial charge in [0.05, 0.1) is 7.11 Å². The summed E-state index contributed by atoms with van der Waals surface area (Å²) in [5.74, 6) is -1.66. The number of nitrogens with zero attached hydrogens (tertiary/aromatic N) is 2. The van der Waals surface area contributed by atoms with Crippen molar-refractivity contribution in [1.29, 1.82) is 0 Å². The van der Waals surface area contributed by atoms with Gasteiger partial charge in [0.2, 0.25) is 5.82 Å². The van der Waals surface area contributed by atoms with Crippen molar-refractivity contribution in [2.75, 3.05) is 7.11 Å². The first kappa shape index (κ1) is 15.4. The molecule has 7 heteroatoms. The molecule has 1 N–H and O–H groups in total. The number of carboxylic acids is 1. The van der Waals surface area contributed by atoms with Gasteiger partial charge in [0.25, 0.3) is 0 Å². The molecule has 0 saturated carbocycles. The maximum Gasteiger partial charge on any atom is 0.376 e. The van der Waals surface area contributed by atoms with E-state index in [4.69, 9.17) is 5.11 Å². The molecular formula is C12H16N2O4S. The second kappa shape index (κ2) is 6.51. The Kier molecular flexibility index (Phi) is 5.29. The van der Waals surface area contributed by atoms with E-state index in [1.165, 1.54) is 7.11 Å². The largest absolute Gasteiger partial charge is 0.480 e. The van der Waals surface area contributed by atoms with Gasteiger partial charge in [-0.15, -0.1) is 0 Å². The lowest BCUT2D eigenvalue weighted by Crippen LogP contribution is -2.22. The van der Waals surface area contributed by atoms with Crippen molar-refractivity contribution in [2.24, 2.45) is 5.92 Å². The summed E-state index contributed by atoms with van der Waals surface area (Å²) in [5.41, 5.74) is 0.589. The van der Waals surface area contributed by atoms with Gasteiger partial charge in [-0.3, -0.25) is 4.79 Å². The van der Waals surface area contributed by atoms with Crippen LogP contribution in [0.3, 0.4) is 0 Å². The van der Waals surface area contributed by atoms with Gasteiger partial charge in [0, 0.05) is 5.69 Å². The number of aryl methyl sites for hydroxylation is 1. The molecule has 0 aliphatic carbocycles. The van der Waals surface area contributed by atoms with Crippen molar-refractivity contribution in [1.82, 2.24) is 9.97 Å². The lowest BCUT2D eigenvalue weighted by Gasteiger charge is -2.15. The number of hydrogen-bond acceptors (Lipinski definition) is 6. The molecule has 0 saturated heterocycles. The van der Waals surface area contributed by atoms with Crippen LogP contribution in [0.1, 0.15) is 30.2 Å². The summed E-state index contributed by atoms with van der Waals surface area (Å²) in [6.45, 7) is 5.35. The first-order chi connectivity index (χ1) is 8.85. The van der Waals surface area contributed by atoms with E-state index < -0.39 is 17.2 Å². The topological polar surface area (TPSA) is 89.4 Å². The van der Waals surface area contributed by atoms with E-state index in [0.29, 0.717) is 10.7 Å². The predicted molar refractivity (Wildman–Crippen MR) is 70.2 cm³/mol. The smallest absolute Gasteiger partial charge is 0.376 e. The van der Waals surface area contributed by atoms with Gasteiger partial charge >= 0.3 is 11.9 Å². The van der Waals surface area contributed by atoms with Crippen molar-refractivity contribution in [3.05, 3.63) is 17.6 Å². The number of aliphatic carboxylic acids is 1. The molecule has 104 valence electrons. The van der Waals surface area contributed by atoms with Crippen LogP contribution in [0.25, 0.3) is 0 Å². The van der Waals surface area contributed by atoms with E-state index in [-0.39, 0.29) is 11.7 Å². The zero-order valence-electron chi connectivity index (χ0n) is 11.2. The number of hydrogen-bond donors (Lipinski definition) is 1. The average Bonchev–Trinajstić information content (AvgIpc) is 2.33. The summed E-state index contributed by atoms with van der Waals surface area (Å²) >= 11 is 1.10. The van der Waals surface area contributed by atoms with Crippen LogP contribution in [-0.2, 0) is 9.53 Å². The molecule has 0 aliphatic heterocycles. The molecule has 1 aromatic rings. The van der Waals surface area contributed by atoms with Crippen LogP contribution in [0.15, 0.2) is 11.1 Å². The Labute approximate surface area is 115 Å². The predicted octanol–water partition coefficient (Wildman–Crippen LogP) is 1.77. The lowest BCUT2D eigenvalue weighted by molar-refractivity contribution is -0.137. The minimum Gasteiger partial charge on any atom is -0.480 e.